The summed E-state index contributed by atoms with van der Waals surface area (Å²) in [5.74, 6) is 2.71. The predicted molar refractivity (Wildman–Crippen MR) is 139 cm³/mol. The Kier molecular flexibility index (Phi) is 8.21. The Morgan fingerprint density at radius 2 is 2.09 bits per heavy atom. The molecule has 1 fully saturated rings. The van der Waals surface area contributed by atoms with Crippen molar-refractivity contribution < 1.29 is 9.47 Å². The number of benzene rings is 1. The minimum Gasteiger partial charge on any atom is -0.487 e. The summed E-state index contributed by atoms with van der Waals surface area (Å²) >= 11 is 0. The molecule has 2 aliphatic rings. The SMILES string of the molecule is CN=C(NCc1ccnc(N2CCOC(C)C2)c1)NC1CC(C)(C)Oc2ccccc21.I. The van der Waals surface area contributed by atoms with Crippen LogP contribution in [0.4, 0.5) is 5.82 Å². The lowest BCUT2D eigenvalue weighted by Gasteiger charge is -2.38. The van der Waals surface area contributed by atoms with Gasteiger partial charge in [0, 0.05) is 44.9 Å². The van der Waals surface area contributed by atoms with Crippen LogP contribution in [0.3, 0.4) is 0 Å². The van der Waals surface area contributed by atoms with Gasteiger partial charge in [-0.2, -0.15) is 0 Å². The average Bonchev–Trinajstić information content (AvgIpc) is 2.76. The first kappa shape index (κ1) is 24.6. The first-order valence-electron chi connectivity index (χ1n) is 11.0. The fourth-order valence-electron chi connectivity index (χ4n) is 4.25. The highest BCUT2D eigenvalue weighted by Crippen LogP contribution is 2.39. The second-order valence-corrected chi connectivity index (χ2v) is 8.88. The maximum atomic E-state index is 6.15. The molecule has 0 aliphatic carbocycles. The topological polar surface area (TPSA) is 71.0 Å². The van der Waals surface area contributed by atoms with Crippen molar-refractivity contribution in [3.8, 4) is 5.75 Å². The Morgan fingerprint density at radius 3 is 2.88 bits per heavy atom. The molecule has 8 heteroatoms. The van der Waals surface area contributed by atoms with Crippen LogP contribution in [-0.4, -0.2) is 49.4 Å². The van der Waals surface area contributed by atoms with Gasteiger partial charge in [0.1, 0.15) is 17.2 Å². The highest BCUT2D eigenvalue weighted by atomic mass is 127. The second-order valence-electron chi connectivity index (χ2n) is 8.88. The van der Waals surface area contributed by atoms with E-state index in [-0.39, 0.29) is 41.7 Å². The number of para-hydroxylation sites is 1. The zero-order valence-corrected chi connectivity index (χ0v) is 21.6. The number of anilines is 1. The van der Waals surface area contributed by atoms with Crippen LogP contribution in [0, 0.1) is 0 Å². The first-order chi connectivity index (χ1) is 14.9. The Morgan fingerprint density at radius 1 is 1.28 bits per heavy atom. The molecule has 2 N–H and O–H groups in total. The number of aliphatic imine (C=N–C) groups is 1. The molecule has 2 aliphatic heterocycles. The minimum absolute atomic E-state index is 0. The van der Waals surface area contributed by atoms with Gasteiger partial charge in [-0.25, -0.2) is 4.98 Å². The summed E-state index contributed by atoms with van der Waals surface area (Å²) in [5, 5.41) is 7.04. The fraction of sp³-hybridized carbons (Fsp3) is 0.500. The number of hydrogen-bond acceptors (Lipinski definition) is 5. The molecule has 0 saturated carbocycles. The molecule has 1 saturated heterocycles. The first-order valence-corrected chi connectivity index (χ1v) is 11.0. The van der Waals surface area contributed by atoms with Crippen molar-refractivity contribution in [2.24, 2.45) is 4.99 Å². The lowest BCUT2D eigenvalue weighted by Crippen LogP contribution is -2.45. The third kappa shape index (κ3) is 6.04. The monoisotopic (exact) mass is 551 g/mol. The Balaban J connectivity index is 0.00000289. The van der Waals surface area contributed by atoms with Crippen LogP contribution in [0.2, 0.25) is 0 Å². The van der Waals surface area contributed by atoms with Gasteiger partial charge in [-0.15, -0.1) is 24.0 Å². The molecule has 32 heavy (non-hydrogen) atoms. The van der Waals surface area contributed by atoms with Crippen molar-refractivity contribution in [2.75, 3.05) is 31.6 Å². The molecule has 0 bridgehead atoms. The number of nitrogens with one attached hydrogen (secondary N) is 2. The molecule has 2 atom stereocenters. The number of hydrogen-bond donors (Lipinski definition) is 2. The number of guanidine groups is 1. The summed E-state index contributed by atoms with van der Waals surface area (Å²) < 4.78 is 11.8. The summed E-state index contributed by atoms with van der Waals surface area (Å²) in [7, 11) is 1.80. The van der Waals surface area contributed by atoms with Gasteiger partial charge >= 0.3 is 0 Å². The van der Waals surface area contributed by atoms with E-state index in [0.717, 1.165) is 49.2 Å². The predicted octanol–water partition coefficient (Wildman–Crippen LogP) is 3.89. The molecule has 174 valence electrons. The summed E-state index contributed by atoms with van der Waals surface area (Å²) in [4.78, 5) is 11.3. The smallest absolute Gasteiger partial charge is 0.191 e. The number of aromatic nitrogens is 1. The molecule has 0 spiro atoms. The summed E-state index contributed by atoms with van der Waals surface area (Å²) in [6.07, 6.45) is 2.96. The molecule has 7 nitrogen and oxygen atoms in total. The van der Waals surface area contributed by atoms with Crippen molar-refractivity contribution in [1.82, 2.24) is 15.6 Å². The third-order valence-electron chi connectivity index (χ3n) is 5.75. The van der Waals surface area contributed by atoms with Crippen LogP contribution in [0.1, 0.15) is 44.4 Å². The number of pyridine rings is 1. The van der Waals surface area contributed by atoms with Crippen molar-refractivity contribution in [1.29, 1.82) is 0 Å². The van der Waals surface area contributed by atoms with E-state index >= 15 is 0 Å². The molecular formula is C24H34IN5O2. The number of nitrogens with zero attached hydrogens (tertiary/aromatic N) is 3. The van der Waals surface area contributed by atoms with E-state index in [4.69, 9.17) is 9.47 Å². The van der Waals surface area contributed by atoms with Gasteiger partial charge in [0.2, 0.25) is 0 Å². The largest absolute Gasteiger partial charge is 0.487 e. The van der Waals surface area contributed by atoms with E-state index in [1.165, 1.54) is 5.56 Å². The number of fused-ring (bicyclic) bond motifs is 1. The molecule has 1 aromatic carbocycles. The van der Waals surface area contributed by atoms with E-state index in [2.05, 4.69) is 64.5 Å². The Bertz CT molecular complexity index is 936. The minimum atomic E-state index is -0.236. The maximum absolute atomic E-state index is 6.15. The highest BCUT2D eigenvalue weighted by molar-refractivity contribution is 14.0. The van der Waals surface area contributed by atoms with Crippen molar-refractivity contribution >= 4 is 35.8 Å². The lowest BCUT2D eigenvalue weighted by molar-refractivity contribution is 0.0529. The second kappa shape index (κ2) is 10.7. The third-order valence-corrected chi connectivity index (χ3v) is 5.75. The van der Waals surface area contributed by atoms with Gasteiger partial charge in [0.25, 0.3) is 0 Å². The number of rotatable bonds is 4. The van der Waals surface area contributed by atoms with Crippen LogP contribution < -0.4 is 20.3 Å². The zero-order valence-electron chi connectivity index (χ0n) is 19.3. The molecule has 0 radical (unpaired) electrons. The van der Waals surface area contributed by atoms with Crippen LogP contribution in [0.5, 0.6) is 5.75 Å². The molecule has 4 rings (SSSR count). The van der Waals surface area contributed by atoms with Crippen molar-refractivity contribution in [2.45, 2.75) is 51.5 Å². The van der Waals surface area contributed by atoms with E-state index < -0.39 is 0 Å². The molecule has 1 aromatic heterocycles. The normalized spacial score (nSPS) is 22.2. The summed E-state index contributed by atoms with van der Waals surface area (Å²) in [6.45, 7) is 9.50. The van der Waals surface area contributed by atoms with Crippen molar-refractivity contribution in [3.05, 3.63) is 53.7 Å². The number of ether oxygens (including phenoxy) is 2. The summed E-state index contributed by atoms with van der Waals surface area (Å²) in [5.41, 5.74) is 2.09. The fourth-order valence-corrected chi connectivity index (χ4v) is 4.25. The lowest BCUT2D eigenvalue weighted by atomic mass is 9.90. The van der Waals surface area contributed by atoms with Crippen LogP contribution >= 0.6 is 24.0 Å². The molecule has 0 amide bonds. The number of morpholine rings is 1. The molecule has 2 aromatic rings. The number of halogens is 1. The highest BCUT2D eigenvalue weighted by Gasteiger charge is 2.34. The molecule has 2 unspecified atom stereocenters. The van der Waals surface area contributed by atoms with E-state index in [1.54, 1.807) is 7.05 Å². The van der Waals surface area contributed by atoms with Crippen molar-refractivity contribution in [3.63, 3.8) is 0 Å². The van der Waals surface area contributed by atoms with Gasteiger partial charge in [0.05, 0.1) is 18.8 Å². The molecule has 3 heterocycles. The summed E-state index contributed by atoms with van der Waals surface area (Å²) in [6, 6.07) is 12.5. The zero-order chi connectivity index (χ0) is 21.8. The van der Waals surface area contributed by atoms with Gasteiger partial charge in [-0.1, -0.05) is 18.2 Å². The van der Waals surface area contributed by atoms with Gasteiger partial charge in [-0.3, -0.25) is 4.99 Å². The molecular weight excluding hydrogens is 517 g/mol. The van der Waals surface area contributed by atoms with Gasteiger partial charge in [0.15, 0.2) is 5.96 Å². The van der Waals surface area contributed by atoms with Crippen LogP contribution in [0.15, 0.2) is 47.6 Å². The van der Waals surface area contributed by atoms with Crippen LogP contribution in [-0.2, 0) is 11.3 Å². The van der Waals surface area contributed by atoms with Gasteiger partial charge < -0.3 is 25.0 Å². The van der Waals surface area contributed by atoms with E-state index in [9.17, 15) is 0 Å². The van der Waals surface area contributed by atoms with Crippen LogP contribution in [0.25, 0.3) is 0 Å². The Hall–Kier alpha value is -2.07. The standard InChI is InChI=1S/C24H33N5O2.HI/c1-17-16-29(11-12-30-17)22-13-18(9-10-26-22)15-27-23(25-4)28-20-14-24(2,3)31-21-8-6-5-7-19(20)21;/h5-10,13,17,20H,11-12,14-16H2,1-4H3,(H2,25,27,28);1H. The Labute approximate surface area is 208 Å². The van der Waals surface area contributed by atoms with E-state index in [0.29, 0.717) is 6.54 Å². The average molecular weight is 551 g/mol. The van der Waals surface area contributed by atoms with Gasteiger partial charge in [-0.05, 0) is 44.5 Å². The maximum Gasteiger partial charge on any atom is 0.191 e. The van der Waals surface area contributed by atoms with E-state index in [1.807, 2.05) is 24.4 Å². The quantitative estimate of drug-likeness (QED) is 0.342.